The van der Waals surface area contributed by atoms with Gasteiger partial charge in [-0.25, -0.2) is 0 Å². The van der Waals surface area contributed by atoms with Crippen LogP contribution in [-0.2, 0) is 0 Å². The van der Waals surface area contributed by atoms with Gasteiger partial charge in [-0.2, -0.15) is 5.21 Å². The molecule has 0 saturated carbocycles. The maximum absolute atomic E-state index is 11.3. The number of benzene rings is 2. The van der Waals surface area contributed by atoms with Gasteiger partial charge in [-0.1, -0.05) is 87.1 Å². The lowest BCUT2D eigenvalue weighted by Crippen LogP contribution is -1.97. The standard InChI is InChI=1S/C23H30O2.CH2N4/c1-3-4-5-6-7-8-9-18-25-23-16-14-22(15-17-23)21-12-10-20(11-13-21)19(2)24;1-2-4-5-3-1/h10-17H,3-9,18H2,1-2H3;1H,(H,2,3,4,5). The third kappa shape index (κ3) is 8.99. The van der Waals surface area contributed by atoms with Gasteiger partial charge in [0.2, 0.25) is 0 Å². The molecule has 0 radical (unpaired) electrons. The quantitative estimate of drug-likeness (QED) is 0.316. The normalized spacial score (nSPS) is 10.2. The van der Waals surface area contributed by atoms with E-state index in [1.807, 2.05) is 36.4 Å². The second-order valence-electron chi connectivity index (χ2n) is 7.19. The molecule has 0 unspecified atom stereocenters. The molecule has 2 aromatic carbocycles. The number of carbonyl (C=O) groups is 1. The Morgan fingerprint density at radius 3 is 1.97 bits per heavy atom. The second-order valence-corrected chi connectivity index (χ2v) is 7.19. The van der Waals surface area contributed by atoms with Gasteiger partial charge in [0, 0.05) is 5.56 Å². The Hall–Kier alpha value is -3.02. The zero-order chi connectivity index (χ0) is 21.4. The van der Waals surface area contributed by atoms with Crippen molar-refractivity contribution in [3.63, 3.8) is 0 Å². The number of nitrogens with zero attached hydrogens (tertiary/aromatic N) is 3. The topological polar surface area (TPSA) is 80.8 Å². The molecule has 0 atom stereocenters. The van der Waals surface area contributed by atoms with Crippen molar-refractivity contribution in [2.45, 2.75) is 58.8 Å². The molecule has 0 fully saturated rings. The summed E-state index contributed by atoms with van der Waals surface area (Å²) in [7, 11) is 0. The largest absolute Gasteiger partial charge is 0.494 e. The van der Waals surface area contributed by atoms with Gasteiger partial charge in [-0.3, -0.25) is 4.79 Å². The molecule has 0 aliphatic rings. The molecule has 6 heteroatoms. The summed E-state index contributed by atoms with van der Waals surface area (Å²) in [5, 5.41) is 12.2. The number of aromatic amines is 1. The van der Waals surface area contributed by atoms with Crippen LogP contribution in [0.4, 0.5) is 0 Å². The third-order valence-corrected chi connectivity index (χ3v) is 4.77. The molecule has 3 aromatic rings. The predicted octanol–water partition coefficient (Wildman–Crippen LogP) is 5.89. The van der Waals surface area contributed by atoms with Gasteiger partial charge in [0.05, 0.1) is 6.61 Å². The van der Waals surface area contributed by atoms with Gasteiger partial charge < -0.3 is 4.74 Å². The van der Waals surface area contributed by atoms with Crippen molar-refractivity contribution in [3.05, 3.63) is 60.4 Å². The fourth-order valence-electron chi connectivity index (χ4n) is 3.02. The Morgan fingerprint density at radius 2 is 1.47 bits per heavy atom. The molecule has 0 saturated heterocycles. The van der Waals surface area contributed by atoms with Crippen molar-refractivity contribution in [2.24, 2.45) is 0 Å². The monoisotopic (exact) mass is 408 g/mol. The van der Waals surface area contributed by atoms with E-state index >= 15 is 0 Å². The lowest BCUT2D eigenvalue weighted by Gasteiger charge is -2.08. The third-order valence-electron chi connectivity index (χ3n) is 4.77. The molecular formula is C24H32N4O2. The summed E-state index contributed by atoms with van der Waals surface area (Å²) < 4.78 is 5.83. The zero-order valence-electron chi connectivity index (χ0n) is 18.0. The molecule has 6 nitrogen and oxygen atoms in total. The van der Waals surface area contributed by atoms with Crippen molar-refractivity contribution in [1.29, 1.82) is 0 Å². The molecule has 1 aromatic heterocycles. The number of carbonyl (C=O) groups excluding carboxylic acids is 1. The van der Waals surface area contributed by atoms with Crippen LogP contribution < -0.4 is 4.74 Å². The molecule has 0 amide bonds. The van der Waals surface area contributed by atoms with E-state index in [-0.39, 0.29) is 5.78 Å². The van der Waals surface area contributed by atoms with Gasteiger partial charge in [-0.15, -0.1) is 10.2 Å². The minimum atomic E-state index is 0.0978. The Labute approximate surface area is 179 Å². The predicted molar refractivity (Wildman–Crippen MR) is 120 cm³/mol. The first kappa shape index (κ1) is 23.3. The molecule has 0 bridgehead atoms. The summed E-state index contributed by atoms with van der Waals surface area (Å²) in [6.45, 7) is 4.63. The number of hydrogen-bond acceptors (Lipinski definition) is 5. The van der Waals surface area contributed by atoms with E-state index in [1.54, 1.807) is 6.92 Å². The first-order chi connectivity index (χ1) is 14.7. The van der Waals surface area contributed by atoms with Gasteiger partial charge in [-0.05, 0) is 36.6 Å². The van der Waals surface area contributed by atoms with E-state index in [4.69, 9.17) is 4.74 Å². The number of rotatable bonds is 11. The first-order valence-corrected chi connectivity index (χ1v) is 10.7. The number of aromatic nitrogens is 4. The summed E-state index contributed by atoms with van der Waals surface area (Å²) in [6, 6.07) is 15.9. The van der Waals surface area contributed by atoms with Crippen molar-refractivity contribution >= 4 is 5.78 Å². The van der Waals surface area contributed by atoms with Crippen LogP contribution in [0.2, 0.25) is 0 Å². The van der Waals surface area contributed by atoms with Gasteiger partial charge >= 0.3 is 0 Å². The molecule has 30 heavy (non-hydrogen) atoms. The minimum Gasteiger partial charge on any atom is -0.494 e. The molecule has 1 heterocycles. The summed E-state index contributed by atoms with van der Waals surface area (Å²) >= 11 is 0. The highest BCUT2D eigenvalue weighted by molar-refractivity contribution is 5.94. The second kappa shape index (κ2) is 14.0. The molecule has 3 rings (SSSR count). The SMILES string of the molecule is CCCCCCCCCOc1ccc(-c2ccc(C(C)=O)cc2)cc1.c1nn[nH]n1. The fraction of sp³-hybridized carbons (Fsp3) is 0.417. The van der Waals surface area contributed by atoms with Crippen LogP contribution in [0.1, 0.15) is 69.2 Å². The van der Waals surface area contributed by atoms with Crippen molar-refractivity contribution < 1.29 is 9.53 Å². The minimum absolute atomic E-state index is 0.0978. The number of nitrogens with one attached hydrogen (secondary N) is 1. The summed E-state index contributed by atoms with van der Waals surface area (Å²) in [6.07, 6.45) is 10.4. The number of tetrazole rings is 1. The number of Topliss-reactive ketones (excluding diaryl/α,β-unsaturated/α-hetero) is 1. The Morgan fingerprint density at radius 1 is 0.867 bits per heavy atom. The number of hydrogen-bond donors (Lipinski definition) is 1. The fourth-order valence-corrected chi connectivity index (χ4v) is 3.02. The molecule has 0 spiro atoms. The van der Waals surface area contributed by atoms with Crippen molar-refractivity contribution in [2.75, 3.05) is 6.61 Å². The average molecular weight is 409 g/mol. The Balaban J connectivity index is 0.000000558. The smallest absolute Gasteiger partial charge is 0.161 e. The lowest BCUT2D eigenvalue weighted by molar-refractivity contribution is 0.101. The first-order valence-electron chi connectivity index (χ1n) is 10.7. The van der Waals surface area contributed by atoms with E-state index in [0.717, 1.165) is 35.5 Å². The summed E-state index contributed by atoms with van der Waals surface area (Å²) in [5.41, 5.74) is 3.00. The van der Waals surface area contributed by atoms with Gasteiger partial charge in [0.1, 0.15) is 5.75 Å². The van der Waals surface area contributed by atoms with Crippen LogP contribution in [0.15, 0.2) is 54.9 Å². The van der Waals surface area contributed by atoms with E-state index in [2.05, 4.69) is 39.7 Å². The number of ketones is 1. The number of unbranched alkanes of at least 4 members (excludes halogenated alkanes) is 6. The molecule has 0 aliphatic carbocycles. The molecule has 1 N–H and O–H groups in total. The summed E-state index contributed by atoms with van der Waals surface area (Å²) in [5.74, 6) is 1.02. The Kier molecular flexibility index (Phi) is 10.9. The van der Waals surface area contributed by atoms with Crippen LogP contribution in [0.3, 0.4) is 0 Å². The number of ether oxygens (including phenoxy) is 1. The van der Waals surface area contributed by atoms with Crippen LogP contribution in [0.25, 0.3) is 11.1 Å². The lowest BCUT2D eigenvalue weighted by atomic mass is 10.0. The maximum atomic E-state index is 11.3. The van der Waals surface area contributed by atoms with E-state index in [9.17, 15) is 4.79 Å². The maximum Gasteiger partial charge on any atom is 0.161 e. The highest BCUT2D eigenvalue weighted by Gasteiger charge is 2.02. The molecular weight excluding hydrogens is 376 g/mol. The van der Waals surface area contributed by atoms with Crippen LogP contribution in [0.5, 0.6) is 5.75 Å². The number of H-pyrrole nitrogens is 1. The van der Waals surface area contributed by atoms with Crippen molar-refractivity contribution in [3.8, 4) is 16.9 Å². The van der Waals surface area contributed by atoms with E-state index < -0.39 is 0 Å². The average Bonchev–Trinajstić information content (AvgIpc) is 3.36. The van der Waals surface area contributed by atoms with Crippen LogP contribution >= 0.6 is 0 Å². The molecule has 160 valence electrons. The molecule has 0 aliphatic heterocycles. The van der Waals surface area contributed by atoms with Crippen LogP contribution in [0, 0.1) is 0 Å². The summed E-state index contributed by atoms with van der Waals surface area (Å²) in [4.78, 5) is 11.3. The van der Waals surface area contributed by atoms with E-state index in [1.165, 1.54) is 44.9 Å². The van der Waals surface area contributed by atoms with Crippen molar-refractivity contribution in [1.82, 2.24) is 20.6 Å². The van der Waals surface area contributed by atoms with Gasteiger partial charge in [0.25, 0.3) is 0 Å². The van der Waals surface area contributed by atoms with Gasteiger partial charge in [0.15, 0.2) is 12.1 Å². The highest BCUT2D eigenvalue weighted by atomic mass is 16.5. The highest BCUT2D eigenvalue weighted by Crippen LogP contribution is 2.23. The van der Waals surface area contributed by atoms with E-state index in [0.29, 0.717) is 0 Å². The van der Waals surface area contributed by atoms with Crippen LogP contribution in [-0.4, -0.2) is 33.0 Å². The Bertz CT molecular complexity index is 798. The zero-order valence-corrected chi connectivity index (χ0v) is 18.0.